The fourth-order valence-electron chi connectivity index (χ4n) is 1.85. The molecule has 0 saturated carbocycles. The van der Waals surface area contributed by atoms with Crippen LogP contribution in [0.3, 0.4) is 0 Å². The monoisotopic (exact) mass is 222 g/mol. The molecule has 3 nitrogen and oxygen atoms in total. The van der Waals surface area contributed by atoms with Gasteiger partial charge in [-0.2, -0.15) is 0 Å². The molecular weight excluding hydrogens is 200 g/mol. The summed E-state index contributed by atoms with van der Waals surface area (Å²) in [6.07, 6.45) is 0. The lowest BCUT2D eigenvalue weighted by molar-refractivity contribution is 0.410. The Bertz CT molecular complexity index is 363. The van der Waals surface area contributed by atoms with Crippen LogP contribution >= 0.6 is 0 Å². The standard InChI is InChI=1S/C13H22N2O/c1-8(7-14)13(15)11-5-6-12(16-4)10(3)9(11)2/h5-6,8,13H,7,14-15H2,1-4H3. The molecule has 2 unspecified atom stereocenters. The molecule has 3 heteroatoms. The zero-order chi connectivity index (χ0) is 12.3. The molecule has 90 valence electrons. The van der Waals surface area contributed by atoms with Crippen molar-refractivity contribution >= 4 is 0 Å². The van der Waals surface area contributed by atoms with Crippen molar-refractivity contribution in [1.29, 1.82) is 0 Å². The molecule has 0 aliphatic heterocycles. The van der Waals surface area contributed by atoms with Crippen LogP contribution in [0.25, 0.3) is 0 Å². The van der Waals surface area contributed by atoms with Gasteiger partial charge in [-0.15, -0.1) is 0 Å². The van der Waals surface area contributed by atoms with Gasteiger partial charge in [-0.25, -0.2) is 0 Å². The van der Waals surface area contributed by atoms with Crippen molar-refractivity contribution in [2.45, 2.75) is 26.8 Å². The summed E-state index contributed by atoms with van der Waals surface area (Å²) in [6.45, 7) is 6.81. The number of ether oxygens (including phenoxy) is 1. The summed E-state index contributed by atoms with van der Waals surface area (Å²) in [4.78, 5) is 0. The second-order valence-electron chi connectivity index (χ2n) is 4.35. The molecule has 0 heterocycles. The average molecular weight is 222 g/mol. The summed E-state index contributed by atoms with van der Waals surface area (Å²) in [5.74, 6) is 1.19. The van der Waals surface area contributed by atoms with Crippen LogP contribution in [0.4, 0.5) is 0 Å². The van der Waals surface area contributed by atoms with Gasteiger partial charge in [0.05, 0.1) is 7.11 Å². The maximum absolute atomic E-state index is 6.19. The molecule has 2 atom stereocenters. The zero-order valence-electron chi connectivity index (χ0n) is 10.6. The maximum Gasteiger partial charge on any atom is 0.122 e. The number of methoxy groups -OCH3 is 1. The van der Waals surface area contributed by atoms with E-state index in [9.17, 15) is 0 Å². The van der Waals surface area contributed by atoms with Crippen LogP contribution in [0, 0.1) is 19.8 Å². The van der Waals surface area contributed by atoms with Crippen LogP contribution in [0.15, 0.2) is 12.1 Å². The third-order valence-electron chi connectivity index (χ3n) is 3.34. The lowest BCUT2D eigenvalue weighted by Crippen LogP contribution is -2.26. The van der Waals surface area contributed by atoms with E-state index in [-0.39, 0.29) is 12.0 Å². The molecule has 4 N–H and O–H groups in total. The summed E-state index contributed by atoms with van der Waals surface area (Å²) in [5, 5.41) is 0. The highest BCUT2D eigenvalue weighted by molar-refractivity contribution is 5.44. The highest BCUT2D eigenvalue weighted by atomic mass is 16.5. The number of rotatable bonds is 4. The van der Waals surface area contributed by atoms with E-state index in [0.717, 1.165) is 16.9 Å². The first-order valence-corrected chi connectivity index (χ1v) is 5.62. The van der Waals surface area contributed by atoms with Crippen molar-refractivity contribution in [3.05, 3.63) is 28.8 Å². The minimum Gasteiger partial charge on any atom is -0.496 e. The van der Waals surface area contributed by atoms with E-state index in [1.165, 1.54) is 5.56 Å². The van der Waals surface area contributed by atoms with E-state index < -0.39 is 0 Å². The van der Waals surface area contributed by atoms with Crippen LogP contribution in [-0.4, -0.2) is 13.7 Å². The Labute approximate surface area is 97.8 Å². The Balaban J connectivity index is 3.11. The van der Waals surface area contributed by atoms with Gasteiger partial charge in [-0.05, 0) is 49.1 Å². The van der Waals surface area contributed by atoms with Crippen LogP contribution < -0.4 is 16.2 Å². The molecule has 0 aliphatic carbocycles. The van der Waals surface area contributed by atoms with Crippen LogP contribution in [0.2, 0.25) is 0 Å². The van der Waals surface area contributed by atoms with Gasteiger partial charge in [0.25, 0.3) is 0 Å². The molecule has 1 aromatic carbocycles. The quantitative estimate of drug-likeness (QED) is 0.818. The molecule has 0 saturated heterocycles. The van der Waals surface area contributed by atoms with Crippen molar-refractivity contribution in [2.24, 2.45) is 17.4 Å². The normalized spacial score (nSPS) is 14.6. The van der Waals surface area contributed by atoms with Crippen LogP contribution in [0.1, 0.15) is 29.7 Å². The molecule has 0 amide bonds. The molecule has 0 bridgehead atoms. The second kappa shape index (κ2) is 5.32. The second-order valence-corrected chi connectivity index (χ2v) is 4.35. The molecular formula is C13H22N2O. The summed E-state index contributed by atoms with van der Waals surface area (Å²) in [7, 11) is 1.68. The molecule has 1 rings (SSSR count). The summed E-state index contributed by atoms with van der Waals surface area (Å²) < 4.78 is 5.28. The van der Waals surface area contributed by atoms with Gasteiger partial charge in [0.15, 0.2) is 0 Å². The first kappa shape index (κ1) is 13.0. The molecule has 1 aromatic rings. The van der Waals surface area contributed by atoms with Crippen molar-refractivity contribution in [3.63, 3.8) is 0 Å². The van der Waals surface area contributed by atoms with E-state index in [1.54, 1.807) is 7.11 Å². The Morgan fingerprint density at radius 3 is 2.38 bits per heavy atom. The Morgan fingerprint density at radius 1 is 1.25 bits per heavy atom. The highest BCUT2D eigenvalue weighted by Crippen LogP contribution is 2.29. The predicted molar refractivity (Wildman–Crippen MR) is 67.6 cm³/mol. The summed E-state index contributed by atoms with van der Waals surface area (Å²) in [6, 6.07) is 4.01. The smallest absolute Gasteiger partial charge is 0.122 e. The molecule has 0 spiro atoms. The van der Waals surface area contributed by atoms with Crippen molar-refractivity contribution in [1.82, 2.24) is 0 Å². The first-order valence-electron chi connectivity index (χ1n) is 5.62. The van der Waals surface area contributed by atoms with Gasteiger partial charge in [0, 0.05) is 6.04 Å². The fourth-order valence-corrected chi connectivity index (χ4v) is 1.85. The molecule has 0 radical (unpaired) electrons. The third-order valence-corrected chi connectivity index (χ3v) is 3.34. The zero-order valence-corrected chi connectivity index (χ0v) is 10.6. The van der Waals surface area contributed by atoms with Crippen molar-refractivity contribution in [3.8, 4) is 5.75 Å². The Hall–Kier alpha value is -1.06. The van der Waals surface area contributed by atoms with Gasteiger partial charge in [-0.3, -0.25) is 0 Å². The van der Waals surface area contributed by atoms with Crippen LogP contribution in [-0.2, 0) is 0 Å². The van der Waals surface area contributed by atoms with Gasteiger partial charge in [0.2, 0.25) is 0 Å². The van der Waals surface area contributed by atoms with E-state index in [1.807, 2.05) is 12.1 Å². The van der Waals surface area contributed by atoms with Crippen molar-refractivity contribution < 1.29 is 4.74 Å². The summed E-state index contributed by atoms with van der Waals surface area (Å²) in [5.41, 5.74) is 15.4. The van der Waals surface area contributed by atoms with Gasteiger partial charge < -0.3 is 16.2 Å². The molecule has 0 fully saturated rings. The molecule has 0 aromatic heterocycles. The number of hydrogen-bond acceptors (Lipinski definition) is 3. The third kappa shape index (κ3) is 2.36. The highest BCUT2D eigenvalue weighted by Gasteiger charge is 2.17. The van der Waals surface area contributed by atoms with E-state index >= 15 is 0 Å². The predicted octanol–water partition coefficient (Wildman–Crippen LogP) is 1.91. The SMILES string of the molecule is COc1ccc(C(N)C(C)CN)c(C)c1C. The fraction of sp³-hybridized carbons (Fsp3) is 0.538. The largest absolute Gasteiger partial charge is 0.496 e. The Kier molecular flexibility index (Phi) is 4.33. The number of hydrogen-bond donors (Lipinski definition) is 2. The topological polar surface area (TPSA) is 61.3 Å². The van der Waals surface area contributed by atoms with Gasteiger partial charge in [0.1, 0.15) is 5.75 Å². The Morgan fingerprint density at radius 2 is 1.88 bits per heavy atom. The average Bonchev–Trinajstić information content (AvgIpc) is 2.30. The lowest BCUT2D eigenvalue weighted by Gasteiger charge is -2.22. The van der Waals surface area contributed by atoms with E-state index in [2.05, 4.69) is 20.8 Å². The number of nitrogens with two attached hydrogens (primary N) is 2. The maximum atomic E-state index is 6.19. The minimum atomic E-state index is -0.00499. The summed E-state index contributed by atoms with van der Waals surface area (Å²) >= 11 is 0. The van der Waals surface area contributed by atoms with Gasteiger partial charge in [-0.1, -0.05) is 13.0 Å². The first-order chi connectivity index (χ1) is 7.52. The van der Waals surface area contributed by atoms with E-state index in [4.69, 9.17) is 16.2 Å². The van der Waals surface area contributed by atoms with E-state index in [0.29, 0.717) is 6.54 Å². The van der Waals surface area contributed by atoms with Gasteiger partial charge >= 0.3 is 0 Å². The number of benzene rings is 1. The minimum absolute atomic E-state index is 0.00499. The lowest BCUT2D eigenvalue weighted by atomic mass is 9.90. The van der Waals surface area contributed by atoms with Crippen LogP contribution in [0.5, 0.6) is 5.75 Å². The molecule has 0 aliphatic rings. The van der Waals surface area contributed by atoms with Crippen molar-refractivity contribution in [2.75, 3.05) is 13.7 Å². The molecule has 16 heavy (non-hydrogen) atoms.